The van der Waals surface area contributed by atoms with Gasteiger partial charge >= 0.3 is 0 Å². The second-order valence-electron chi connectivity index (χ2n) is 4.94. The fourth-order valence-electron chi connectivity index (χ4n) is 2.53. The molecule has 0 unspecified atom stereocenters. The first kappa shape index (κ1) is 14.4. The highest BCUT2D eigenvalue weighted by atomic mass is 16.5. The molecule has 3 rings (SSSR count). The Morgan fingerprint density at radius 2 is 2.18 bits per heavy atom. The van der Waals surface area contributed by atoms with Gasteiger partial charge in [0.1, 0.15) is 17.0 Å². The largest absolute Gasteiger partial charge is 0.494 e. The van der Waals surface area contributed by atoms with Crippen LogP contribution in [-0.2, 0) is 0 Å². The van der Waals surface area contributed by atoms with Crippen molar-refractivity contribution >= 4 is 16.6 Å². The molecule has 0 aliphatic carbocycles. The first-order valence-corrected chi connectivity index (χ1v) is 7.16. The lowest BCUT2D eigenvalue weighted by atomic mass is 10.1. The molecule has 0 aliphatic heterocycles. The lowest BCUT2D eigenvalue weighted by Gasteiger charge is -2.18. The Bertz CT molecular complexity index is 741. The molecule has 1 aromatic carbocycles. The Morgan fingerprint density at radius 3 is 2.91 bits per heavy atom. The van der Waals surface area contributed by atoms with Gasteiger partial charge in [0.25, 0.3) is 0 Å². The average Bonchev–Trinajstić information content (AvgIpc) is 3.08. The van der Waals surface area contributed by atoms with Crippen LogP contribution in [0.3, 0.4) is 0 Å². The van der Waals surface area contributed by atoms with Crippen LogP contribution in [0.25, 0.3) is 10.9 Å². The predicted molar refractivity (Wildman–Crippen MR) is 85.1 cm³/mol. The van der Waals surface area contributed by atoms with E-state index in [9.17, 15) is 5.11 Å². The monoisotopic (exact) mass is 298 g/mol. The van der Waals surface area contributed by atoms with Crippen molar-refractivity contribution in [2.24, 2.45) is 0 Å². The van der Waals surface area contributed by atoms with Gasteiger partial charge in [-0.15, -0.1) is 0 Å². The maximum absolute atomic E-state index is 9.29. The van der Waals surface area contributed by atoms with Crippen LogP contribution in [0.1, 0.15) is 18.2 Å². The summed E-state index contributed by atoms with van der Waals surface area (Å²) < 4.78 is 10.8. The summed E-state index contributed by atoms with van der Waals surface area (Å²) in [6.45, 7) is 0.0741. The molecule has 3 aromatic rings. The van der Waals surface area contributed by atoms with E-state index in [2.05, 4.69) is 10.3 Å². The number of aliphatic hydroxyl groups excluding tert-OH is 1. The van der Waals surface area contributed by atoms with Crippen LogP contribution in [0, 0.1) is 0 Å². The molecule has 0 saturated carbocycles. The van der Waals surface area contributed by atoms with Crippen LogP contribution in [0.15, 0.2) is 53.3 Å². The van der Waals surface area contributed by atoms with E-state index in [0.717, 1.165) is 28.1 Å². The van der Waals surface area contributed by atoms with Gasteiger partial charge in [-0.3, -0.25) is 4.98 Å². The number of methoxy groups -OCH3 is 1. The summed E-state index contributed by atoms with van der Waals surface area (Å²) in [5.41, 5.74) is 1.73. The van der Waals surface area contributed by atoms with E-state index in [1.54, 1.807) is 19.6 Å². The Hall–Kier alpha value is -2.53. The van der Waals surface area contributed by atoms with Crippen molar-refractivity contribution < 1.29 is 14.3 Å². The number of nitrogens with zero attached hydrogens (tertiary/aromatic N) is 1. The van der Waals surface area contributed by atoms with Crippen LogP contribution < -0.4 is 10.1 Å². The van der Waals surface area contributed by atoms with E-state index in [4.69, 9.17) is 9.15 Å². The van der Waals surface area contributed by atoms with Crippen molar-refractivity contribution in [1.29, 1.82) is 0 Å². The number of ether oxygens (including phenoxy) is 1. The van der Waals surface area contributed by atoms with Crippen molar-refractivity contribution in [1.82, 2.24) is 4.98 Å². The molecule has 22 heavy (non-hydrogen) atoms. The molecule has 5 nitrogen and oxygen atoms in total. The molecule has 0 bridgehead atoms. The number of furan rings is 1. The Balaban J connectivity index is 1.99. The van der Waals surface area contributed by atoms with Crippen molar-refractivity contribution in [2.75, 3.05) is 19.0 Å². The zero-order chi connectivity index (χ0) is 15.4. The van der Waals surface area contributed by atoms with Crippen LogP contribution >= 0.6 is 0 Å². The number of hydrogen-bond donors (Lipinski definition) is 2. The molecule has 2 aromatic heterocycles. The summed E-state index contributed by atoms with van der Waals surface area (Å²) in [6.07, 6.45) is 3.93. The summed E-state index contributed by atoms with van der Waals surface area (Å²) in [6, 6.07) is 11.4. The minimum absolute atomic E-state index is 0.0741. The van der Waals surface area contributed by atoms with Crippen molar-refractivity contribution in [2.45, 2.75) is 12.5 Å². The van der Waals surface area contributed by atoms with Gasteiger partial charge in [-0.1, -0.05) is 12.1 Å². The Labute approximate surface area is 128 Å². The topological polar surface area (TPSA) is 67.5 Å². The normalized spacial score (nSPS) is 12.3. The number of aliphatic hydroxyl groups is 1. The summed E-state index contributed by atoms with van der Waals surface area (Å²) in [5.74, 6) is 1.53. The van der Waals surface area contributed by atoms with Crippen molar-refractivity contribution in [3.8, 4) is 5.75 Å². The molecular weight excluding hydrogens is 280 g/mol. The Morgan fingerprint density at radius 1 is 1.27 bits per heavy atom. The third kappa shape index (κ3) is 2.76. The molecule has 2 heterocycles. The fourth-order valence-corrected chi connectivity index (χ4v) is 2.53. The number of fused-ring (bicyclic) bond motifs is 1. The SMILES string of the molecule is COc1cccc2c(N[C@@H](CCO)c3ccco3)ccnc12. The lowest BCUT2D eigenvalue weighted by molar-refractivity contribution is 0.273. The van der Waals surface area contributed by atoms with Gasteiger partial charge in [0.15, 0.2) is 0 Å². The highest BCUT2D eigenvalue weighted by Crippen LogP contribution is 2.31. The summed E-state index contributed by atoms with van der Waals surface area (Å²) >= 11 is 0. The Kier molecular flexibility index (Phi) is 4.25. The second-order valence-corrected chi connectivity index (χ2v) is 4.94. The van der Waals surface area contributed by atoms with Gasteiger partial charge in [-0.25, -0.2) is 0 Å². The van der Waals surface area contributed by atoms with Gasteiger partial charge < -0.3 is 19.6 Å². The smallest absolute Gasteiger partial charge is 0.145 e. The fraction of sp³-hybridized carbons (Fsp3) is 0.235. The number of nitrogens with one attached hydrogen (secondary N) is 1. The van der Waals surface area contributed by atoms with Crippen LogP contribution in [-0.4, -0.2) is 23.8 Å². The lowest BCUT2D eigenvalue weighted by Crippen LogP contribution is -2.12. The molecule has 0 radical (unpaired) electrons. The van der Waals surface area contributed by atoms with E-state index >= 15 is 0 Å². The molecule has 0 aliphatic rings. The standard InChI is InChI=1S/C17H18N2O3/c1-21-16-5-2-4-12-13(7-9-18-17(12)16)19-14(8-10-20)15-6-3-11-22-15/h2-7,9,11,14,20H,8,10H2,1H3,(H,18,19)/t14-/m0/s1. The molecule has 0 spiro atoms. The minimum atomic E-state index is -0.100. The van der Waals surface area contributed by atoms with E-state index in [1.165, 1.54) is 0 Å². The first-order valence-electron chi connectivity index (χ1n) is 7.16. The summed E-state index contributed by atoms with van der Waals surface area (Å²) in [7, 11) is 1.63. The van der Waals surface area contributed by atoms with Crippen molar-refractivity contribution in [3.63, 3.8) is 0 Å². The number of pyridine rings is 1. The first-order chi connectivity index (χ1) is 10.8. The minimum Gasteiger partial charge on any atom is -0.494 e. The third-order valence-electron chi connectivity index (χ3n) is 3.59. The number of aromatic nitrogens is 1. The summed E-state index contributed by atoms with van der Waals surface area (Å²) in [4.78, 5) is 4.39. The highest BCUT2D eigenvalue weighted by Gasteiger charge is 2.15. The van der Waals surface area contributed by atoms with Gasteiger partial charge in [-0.2, -0.15) is 0 Å². The molecule has 1 atom stereocenters. The maximum Gasteiger partial charge on any atom is 0.145 e. The van der Waals surface area contributed by atoms with Crippen molar-refractivity contribution in [3.05, 3.63) is 54.6 Å². The van der Waals surface area contributed by atoms with Crippen LogP contribution in [0.5, 0.6) is 5.75 Å². The van der Waals surface area contributed by atoms with Gasteiger partial charge in [0, 0.05) is 23.9 Å². The number of hydrogen-bond acceptors (Lipinski definition) is 5. The number of benzene rings is 1. The molecule has 2 N–H and O–H groups in total. The molecule has 5 heteroatoms. The number of rotatable bonds is 6. The second kappa shape index (κ2) is 6.49. The van der Waals surface area contributed by atoms with Gasteiger partial charge in [-0.05, 0) is 30.7 Å². The number of anilines is 1. The van der Waals surface area contributed by atoms with E-state index < -0.39 is 0 Å². The maximum atomic E-state index is 9.29. The van der Waals surface area contributed by atoms with Gasteiger partial charge in [0.2, 0.25) is 0 Å². The predicted octanol–water partition coefficient (Wildman–Crippen LogP) is 3.37. The molecule has 114 valence electrons. The van der Waals surface area contributed by atoms with E-state index in [0.29, 0.717) is 6.42 Å². The molecule has 0 amide bonds. The zero-order valence-corrected chi connectivity index (χ0v) is 12.3. The molecule has 0 saturated heterocycles. The average molecular weight is 298 g/mol. The highest BCUT2D eigenvalue weighted by molar-refractivity contribution is 5.94. The van der Waals surface area contributed by atoms with Crippen LogP contribution in [0.2, 0.25) is 0 Å². The quantitative estimate of drug-likeness (QED) is 0.730. The molecular formula is C17H18N2O3. The molecule has 0 fully saturated rings. The number of para-hydroxylation sites is 1. The zero-order valence-electron chi connectivity index (χ0n) is 12.3. The summed E-state index contributed by atoms with van der Waals surface area (Å²) in [5, 5.41) is 13.7. The third-order valence-corrected chi connectivity index (χ3v) is 3.59. The van der Waals surface area contributed by atoms with Gasteiger partial charge in [0.05, 0.1) is 19.4 Å². The van der Waals surface area contributed by atoms with E-state index in [1.807, 2.05) is 36.4 Å². The van der Waals surface area contributed by atoms with Crippen LogP contribution in [0.4, 0.5) is 5.69 Å². The van der Waals surface area contributed by atoms with E-state index in [-0.39, 0.29) is 12.6 Å².